The minimum atomic E-state index is -0.326. The van der Waals surface area contributed by atoms with Crippen molar-refractivity contribution in [3.63, 3.8) is 0 Å². The van der Waals surface area contributed by atoms with E-state index in [2.05, 4.69) is 34.9 Å². The molecule has 3 aromatic rings. The number of furan rings is 1. The Morgan fingerprint density at radius 1 is 0.964 bits per heavy atom. The Balaban J connectivity index is 1.40. The van der Waals surface area contributed by atoms with Crippen LogP contribution in [0.25, 0.3) is 0 Å². The molecule has 2 N–H and O–H groups in total. The molecule has 144 valence electrons. The van der Waals surface area contributed by atoms with Crippen molar-refractivity contribution in [1.82, 2.24) is 5.32 Å². The molecule has 2 aromatic heterocycles. The zero-order valence-corrected chi connectivity index (χ0v) is 16.3. The normalized spacial score (nSPS) is 15.3. The molecule has 6 heteroatoms. The van der Waals surface area contributed by atoms with E-state index < -0.39 is 0 Å². The number of rotatable bonds is 6. The molecule has 1 aliphatic carbocycles. The van der Waals surface area contributed by atoms with Gasteiger partial charge in [0.2, 0.25) is 0 Å². The van der Waals surface area contributed by atoms with Crippen molar-refractivity contribution in [2.45, 2.75) is 31.1 Å². The van der Waals surface area contributed by atoms with Crippen LogP contribution in [0.5, 0.6) is 0 Å². The van der Waals surface area contributed by atoms with Crippen LogP contribution in [0.15, 0.2) is 65.3 Å². The van der Waals surface area contributed by atoms with E-state index in [-0.39, 0.29) is 23.0 Å². The first-order valence-corrected chi connectivity index (χ1v) is 10.3. The molecule has 28 heavy (non-hydrogen) atoms. The van der Waals surface area contributed by atoms with Crippen molar-refractivity contribution < 1.29 is 14.0 Å². The number of carbonyl (C=O) groups is 2. The molecule has 1 saturated carbocycles. The van der Waals surface area contributed by atoms with Crippen molar-refractivity contribution in [1.29, 1.82) is 0 Å². The highest BCUT2D eigenvalue weighted by Gasteiger charge is 2.35. The molecule has 1 aromatic carbocycles. The number of amides is 2. The Morgan fingerprint density at radius 3 is 2.46 bits per heavy atom. The van der Waals surface area contributed by atoms with Crippen LogP contribution < -0.4 is 10.6 Å². The van der Waals surface area contributed by atoms with Gasteiger partial charge in [0.05, 0.1) is 16.1 Å². The molecule has 1 fully saturated rings. The number of hydrogen-bond acceptors (Lipinski definition) is 4. The van der Waals surface area contributed by atoms with E-state index >= 15 is 0 Å². The summed E-state index contributed by atoms with van der Waals surface area (Å²) in [4.78, 5) is 25.3. The second-order valence-electron chi connectivity index (χ2n) is 7.13. The summed E-state index contributed by atoms with van der Waals surface area (Å²) in [6, 6.07) is 17.2. The zero-order valence-electron chi connectivity index (χ0n) is 15.4. The summed E-state index contributed by atoms with van der Waals surface area (Å²) in [7, 11) is 0. The van der Waals surface area contributed by atoms with Crippen molar-refractivity contribution in [3.05, 3.63) is 77.1 Å². The third kappa shape index (κ3) is 3.87. The van der Waals surface area contributed by atoms with Gasteiger partial charge in [-0.05, 0) is 42.7 Å². The Bertz CT molecular complexity index is 941. The summed E-state index contributed by atoms with van der Waals surface area (Å²) in [5.74, 6) is -0.191. The van der Waals surface area contributed by atoms with Crippen molar-refractivity contribution >= 4 is 28.2 Å². The minimum Gasteiger partial charge on any atom is -0.459 e. The standard InChI is InChI=1S/C22H22N2O3S/c25-20(17-9-6-14-27-17)24-19-11-10-18(28-19)21(26)23-15-22(12-4-5-13-22)16-7-2-1-3-8-16/h1-3,6-11,14H,4-5,12-13,15H2,(H,23,26)(H,24,25). The first-order chi connectivity index (χ1) is 13.7. The summed E-state index contributed by atoms with van der Waals surface area (Å²) in [6.07, 6.45) is 6.01. The predicted octanol–water partition coefficient (Wildman–Crippen LogP) is 4.84. The van der Waals surface area contributed by atoms with Gasteiger partial charge in [0.25, 0.3) is 11.8 Å². The van der Waals surface area contributed by atoms with Crippen molar-refractivity contribution in [2.24, 2.45) is 0 Å². The van der Waals surface area contributed by atoms with Crippen LogP contribution >= 0.6 is 11.3 Å². The van der Waals surface area contributed by atoms with Crippen LogP contribution in [0, 0.1) is 0 Å². The van der Waals surface area contributed by atoms with Gasteiger partial charge in [0, 0.05) is 12.0 Å². The van der Waals surface area contributed by atoms with E-state index in [0.29, 0.717) is 16.4 Å². The van der Waals surface area contributed by atoms with Gasteiger partial charge in [0.15, 0.2) is 5.76 Å². The summed E-state index contributed by atoms with van der Waals surface area (Å²) < 4.78 is 5.08. The van der Waals surface area contributed by atoms with Crippen LogP contribution in [0.3, 0.4) is 0 Å². The molecule has 2 heterocycles. The number of nitrogens with one attached hydrogen (secondary N) is 2. The van der Waals surface area contributed by atoms with E-state index in [1.807, 2.05) is 6.07 Å². The zero-order chi connectivity index (χ0) is 19.4. The highest BCUT2D eigenvalue weighted by molar-refractivity contribution is 7.18. The molecule has 4 rings (SSSR count). The average molecular weight is 394 g/mol. The second-order valence-corrected chi connectivity index (χ2v) is 8.22. The predicted molar refractivity (Wildman–Crippen MR) is 110 cm³/mol. The lowest BCUT2D eigenvalue weighted by Crippen LogP contribution is -2.38. The van der Waals surface area contributed by atoms with Crippen molar-refractivity contribution in [2.75, 3.05) is 11.9 Å². The molecule has 0 aliphatic heterocycles. The van der Waals surface area contributed by atoms with Crippen LogP contribution in [-0.2, 0) is 5.41 Å². The molecule has 0 atom stereocenters. The smallest absolute Gasteiger partial charge is 0.291 e. The van der Waals surface area contributed by atoms with Gasteiger partial charge >= 0.3 is 0 Å². The molecular formula is C22H22N2O3S. The SMILES string of the molecule is O=C(Nc1ccc(C(=O)NCC2(c3ccccc3)CCCC2)s1)c1ccco1. The first-order valence-electron chi connectivity index (χ1n) is 9.45. The maximum Gasteiger partial charge on any atom is 0.291 e. The van der Waals surface area contributed by atoms with Crippen LogP contribution in [-0.4, -0.2) is 18.4 Å². The van der Waals surface area contributed by atoms with Crippen LogP contribution in [0.4, 0.5) is 5.00 Å². The largest absolute Gasteiger partial charge is 0.459 e. The number of thiophene rings is 1. The topological polar surface area (TPSA) is 71.3 Å². The quantitative estimate of drug-likeness (QED) is 0.629. The minimum absolute atomic E-state index is 0.0184. The number of anilines is 1. The summed E-state index contributed by atoms with van der Waals surface area (Å²) in [5, 5.41) is 6.49. The Labute approximate surface area is 167 Å². The third-order valence-electron chi connectivity index (χ3n) is 5.35. The van der Waals surface area contributed by atoms with Gasteiger partial charge < -0.3 is 15.1 Å². The molecule has 2 amide bonds. The number of benzene rings is 1. The lowest BCUT2D eigenvalue weighted by atomic mass is 9.79. The van der Waals surface area contributed by atoms with Gasteiger partial charge in [-0.3, -0.25) is 9.59 Å². The fraction of sp³-hybridized carbons (Fsp3) is 0.273. The molecule has 0 radical (unpaired) electrons. The van der Waals surface area contributed by atoms with Crippen LogP contribution in [0.2, 0.25) is 0 Å². The number of hydrogen-bond donors (Lipinski definition) is 2. The molecular weight excluding hydrogens is 372 g/mol. The third-order valence-corrected chi connectivity index (χ3v) is 6.35. The fourth-order valence-electron chi connectivity index (χ4n) is 3.86. The van der Waals surface area contributed by atoms with E-state index in [4.69, 9.17) is 4.42 Å². The maximum atomic E-state index is 12.7. The summed E-state index contributed by atoms with van der Waals surface area (Å²) in [6.45, 7) is 0.627. The number of carbonyl (C=O) groups excluding carboxylic acids is 2. The van der Waals surface area contributed by atoms with Gasteiger partial charge in [-0.25, -0.2) is 0 Å². The molecule has 0 spiro atoms. The maximum absolute atomic E-state index is 12.7. The van der Waals surface area contributed by atoms with Crippen molar-refractivity contribution in [3.8, 4) is 0 Å². The monoisotopic (exact) mass is 394 g/mol. The first kappa shape index (κ1) is 18.5. The van der Waals surface area contributed by atoms with Gasteiger partial charge in [-0.1, -0.05) is 43.2 Å². The van der Waals surface area contributed by atoms with Gasteiger partial charge in [-0.2, -0.15) is 0 Å². The summed E-state index contributed by atoms with van der Waals surface area (Å²) in [5.41, 5.74) is 1.32. The lowest BCUT2D eigenvalue weighted by Gasteiger charge is -2.30. The second kappa shape index (κ2) is 8.02. The van der Waals surface area contributed by atoms with E-state index in [1.165, 1.54) is 36.0 Å². The molecule has 0 bridgehead atoms. The van der Waals surface area contributed by atoms with Crippen LogP contribution in [0.1, 0.15) is 51.5 Å². The highest BCUT2D eigenvalue weighted by Crippen LogP contribution is 2.40. The van der Waals surface area contributed by atoms with Gasteiger partial charge in [-0.15, -0.1) is 11.3 Å². The van der Waals surface area contributed by atoms with E-state index in [1.54, 1.807) is 24.3 Å². The average Bonchev–Trinajstić information content (AvgIpc) is 3.49. The van der Waals surface area contributed by atoms with Gasteiger partial charge in [0.1, 0.15) is 0 Å². The Morgan fingerprint density at radius 2 is 1.75 bits per heavy atom. The Kier molecular flexibility index (Phi) is 5.30. The fourth-order valence-corrected chi connectivity index (χ4v) is 4.67. The van der Waals surface area contributed by atoms with E-state index in [0.717, 1.165) is 12.8 Å². The lowest BCUT2D eigenvalue weighted by molar-refractivity contribution is 0.0946. The summed E-state index contributed by atoms with van der Waals surface area (Å²) >= 11 is 1.26. The molecule has 1 aliphatic rings. The molecule has 0 unspecified atom stereocenters. The molecule has 5 nitrogen and oxygen atoms in total. The molecule has 0 saturated heterocycles. The van der Waals surface area contributed by atoms with E-state index in [9.17, 15) is 9.59 Å². The highest BCUT2D eigenvalue weighted by atomic mass is 32.1. The Hall–Kier alpha value is -2.86.